The number of carboxylic acids is 1. The Balaban J connectivity index is 2.07. The Morgan fingerprint density at radius 3 is 2.95 bits per heavy atom. The van der Waals surface area contributed by atoms with Crippen LogP contribution in [-0.4, -0.2) is 42.2 Å². The minimum absolute atomic E-state index is 0.00809. The molecule has 1 aromatic heterocycles. The summed E-state index contributed by atoms with van der Waals surface area (Å²) in [5, 5.41) is 18.9. The number of aromatic hydroxyl groups is 1. The number of hydrogen-bond donors (Lipinski definition) is 2. The van der Waals surface area contributed by atoms with Gasteiger partial charge in [0.25, 0.3) is 0 Å². The van der Waals surface area contributed by atoms with Crippen molar-refractivity contribution in [1.29, 1.82) is 0 Å². The third kappa shape index (κ3) is 2.13. The fourth-order valence-electron chi connectivity index (χ4n) is 1.74. The smallest absolute Gasteiger partial charge is 0.329 e. The van der Waals surface area contributed by atoms with Crippen molar-refractivity contribution in [3.63, 3.8) is 0 Å². The maximum atomic E-state index is 11.9. The van der Waals surface area contributed by atoms with Crippen LogP contribution in [0.15, 0.2) is 23.2 Å². The van der Waals surface area contributed by atoms with Crippen molar-refractivity contribution in [3.05, 3.63) is 23.2 Å². The van der Waals surface area contributed by atoms with E-state index in [0.29, 0.717) is 10.5 Å². The summed E-state index contributed by atoms with van der Waals surface area (Å²) in [5.41, 5.74) is 0.663. The molecule has 6 nitrogen and oxygen atoms in total. The van der Waals surface area contributed by atoms with Gasteiger partial charge in [0, 0.05) is 0 Å². The summed E-state index contributed by atoms with van der Waals surface area (Å²) in [5.74, 6) is -0.964. The van der Waals surface area contributed by atoms with Crippen molar-refractivity contribution in [3.8, 4) is 5.75 Å². The number of aliphatic imine (C=N–C) groups is 1. The van der Waals surface area contributed by atoms with Gasteiger partial charge in [-0.15, -0.1) is 11.3 Å². The summed E-state index contributed by atoms with van der Waals surface area (Å²) < 4.78 is 12.6. The van der Waals surface area contributed by atoms with Gasteiger partial charge in [-0.25, -0.2) is 9.78 Å². The molecule has 19 heavy (non-hydrogen) atoms. The monoisotopic (exact) mass is 296 g/mol. The van der Waals surface area contributed by atoms with E-state index in [4.69, 9.17) is 5.11 Å². The van der Waals surface area contributed by atoms with Crippen LogP contribution in [0.5, 0.6) is 5.75 Å². The zero-order valence-electron chi connectivity index (χ0n) is 9.44. The number of fused-ring (bicyclic) bond motifs is 1. The van der Waals surface area contributed by atoms with Crippen LogP contribution in [0.3, 0.4) is 0 Å². The molecule has 0 radical (unpaired) electrons. The lowest BCUT2D eigenvalue weighted by Crippen LogP contribution is -2.19. The molecule has 0 amide bonds. The zero-order valence-corrected chi connectivity index (χ0v) is 11.1. The zero-order chi connectivity index (χ0) is 13.6. The Morgan fingerprint density at radius 2 is 2.26 bits per heavy atom. The lowest BCUT2D eigenvalue weighted by atomic mass is 10.3. The SMILES string of the molecule is O=C(O)[C@H]1CS(=O)C(c2nc3ccc(O)cc3s2)=N1. The summed E-state index contributed by atoms with van der Waals surface area (Å²) in [6, 6.07) is 3.76. The number of benzene rings is 1. The summed E-state index contributed by atoms with van der Waals surface area (Å²) in [6.45, 7) is 0. The Labute approximate surface area is 113 Å². The molecule has 2 N–H and O–H groups in total. The van der Waals surface area contributed by atoms with Gasteiger partial charge in [0.1, 0.15) is 5.75 Å². The first-order chi connectivity index (χ1) is 9.04. The van der Waals surface area contributed by atoms with Crippen LogP contribution < -0.4 is 0 Å². The molecule has 2 heterocycles. The molecule has 0 saturated carbocycles. The highest BCUT2D eigenvalue weighted by atomic mass is 32.2. The van der Waals surface area contributed by atoms with Gasteiger partial charge >= 0.3 is 5.97 Å². The van der Waals surface area contributed by atoms with Crippen LogP contribution in [0.4, 0.5) is 0 Å². The van der Waals surface area contributed by atoms with E-state index in [2.05, 4.69) is 9.98 Å². The van der Waals surface area contributed by atoms with Crippen molar-refractivity contribution in [2.45, 2.75) is 6.04 Å². The van der Waals surface area contributed by atoms with Gasteiger partial charge in [0.2, 0.25) is 0 Å². The second kappa shape index (κ2) is 4.39. The second-order valence-corrected chi connectivity index (χ2v) is 6.41. The van der Waals surface area contributed by atoms with Gasteiger partial charge in [-0.2, -0.15) is 0 Å². The molecule has 1 aliphatic rings. The molecule has 0 saturated heterocycles. The van der Waals surface area contributed by atoms with Crippen LogP contribution in [0.25, 0.3) is 10.2 Å². The third-order valence-corrected chi connectivity index (χ3v) is 5.14. The van der Waals surface area contributed by atoms with E-state index in [1.54, 1.807) is 12.1 Å². The quantitative estimate of drug-likeness (QED) is 0.860. The molecular weight excluding hydrogens is 288 g/mol. The molecule has 0 bridgehead atoms. The molecule has 0 spiro atoms. The lowest BCUT2D eigenvalue weighted by molar-refractivity contribution is -0.137. The number of hydrogen-bond acceptors (Lipinski definition) is 6. The van der Waals surface area contributed by atoms with E-state index in [1.807, 2.05) is 0 Å². The highest BCUT2D eigenvalue weighted by molar-refractivity contribution is 8.01. The maximum absolute atomic E-state index is 11.9. The number of nitrogens with zero attached hydrogens (tertiary/aromatic N) is 2. The van der Waals surface area contributed by atoms with Gasteiger partial charge < -0.3 is 10.2 Å². The van der Waals surface area contributed by atoms with Crippen molar-refractivity contribution >= 4 is 43.4 Å². The molecule has 1 aliphatic heterocycles. The predicted molar refractivity (Wildman–Crippen MR) is 72.3 cm³/mol. The molecular formula is C11H8N2O4S2. The van der Waals surface area contributed by atoms with Crippen LogP contribution in [-0.2, 0) is 15.6 Å². The number of aliphatic carboxylic acids is 1. The van der Waals surface area contributed by atoms with Crippen LogP contribution in [0, 0.1) is 0 Å². The summed E-state index contributed by atoms with van der Waals surface area (Å²) in [4.78, 5) is 19.1. The highest BCUT2D eigenvalue weighted by Crippen LogP contribution is 2.28. The van der Waals surface area contributed by atoms with Gasteiger partial charge in [0.05, 0.1) is 26.8 Å². The lowest BCUT2D eigenvalue weighted by Gasteiger charge is -1.93. The number of phenolic OH excluding ortho intramolecular Hbond substituents is 1. The predicted octanol–water partition coefficient (Wildman–Crippen LogP) is 0.964. The van der Waals surface area contributed by atoms with Gasteiger partial charge in [-0.3, -0.25) is 9.20 Å². The van der Waals surface area contributed by atoms with Crippen LogP contribution >= 0.6 is 11.3 Å². The van der Waals surface area contributed by atoms with Gasteiger partial charge in [-0.05, 0) is 18.2 Å². The molecule has 3 rings (SSSR count). The van der Waals surface area contributed by atoms with E-state index < -0.39 is 22.8 Å². The number of carbonyl (C=O) groups is 1. The fraction of sp³-hybridized carbons (Fsp3) is 0.182. The number of phenols is 1. The second-order valence-electron chi connectivity index (χ2n) is 3.97. The van der Waals surface area contributed by atoms with Crippen molar-refractivity contribution < 1.29 is 19.2 Å². The average molecular weight is 296 g/mol. The number of thiazole rings is 1. The van der Waals surface area contributed by atoms with E-state index >= 15 is 0 Å². The fourth-order valence-corrected chi connectivity index (χ4v) is 4.18. The third-order valence-electron chi connectivity index (χ3n) is 2.64. The molecule has 0 fully saturated rings. The van der Waals surface area contributed by atoms with Gasteiger partial charge in [0.15, 0.2) is 16.1 Å². The van der Waals surface area contributed by atoms with Crippen molar-refractivity contribution in [1.82, 2.24) is 4.98 Å². The molecule has 1 unspecified atom stereocenters. The van der Waals surface area contributed by atoms with Crippen LogP contribution in [0.1, 0.15) is 5.01 Å². The van der Waals surface area contributed by atoms with E-state index in [9.17, 15) is 14.1 Å². The Bertz CT molecular complexity index is 737. The first-order valence-corrected chi connectivity index (χ1v) is 7.47. The molecule has 0 aliphatic carbocycles. The molecule has 2 aromatic rings. The maximum Gasteiger partial charge on any atom is 0.329 e. The normalized spacial score (nSPS) is 22.6. The average Bonchev–Trinajstić information content (AvgIpc) is 2.91. The molecule has 8 heteroatoms. The highest BCUT2D eigenvalue weighted by Gasteiger charge is 2.32. The van der Waals surface area contributed by atoms with Crippen LogP contribution in [0.2, 0.25) is 0 Å². The number of rotatable bonds is 2. The first kappa shape index (κ1) is 12.2. The van der Waals surface area contributed by atoms with E-state index in [1.165, 1.54) is 17.4 Å². The van der Waals surface area contributed by atoms with Gasteiger partial charge in [-0.1, -0.05) is 0 Å². The minimum atomic E-state index is -1.44. The van der Waals surface area contributed by atoms with Crippen molar-refractivity contribution in [2.75, 3.05) is 5.75 Å². The minimum Gasteiger partial charge on any atom is -0.508 e. The summed E-state index contributed by atoms with van der Waals surface area (Å²) in [7, 11) is -1.44. The molecule has 98 valence electrons. The summed E-state index contributed by atoms with van der Waals surface area (Å²) >= 11 is 1.24. The Hall–Kier alpha value is -1.80. The Morgan fingerprint density at radius 1 is 1.47 bits per heavy atom. The Kier molecular flexibility index (Phi) is 2.83. The summed E-state index contributed by atoms with van der Waals surface area (Å²) in [6.07, 6.45) is 0. The first-order valence-electron chi connectivity index (χ1n) is 5.33. The molecule has 2 atom stereocenters. The topological polar surface area (TPSA) is 99.8 Å². The number of aromatic nitrogens is 1. The molecule has 1 aromatic carbocycles. The largest absolute Gasteiger partial charge is 0.508 e. The van der Waals surface area contributed by atoms with Crippen molar-refractivity contribution in [2.24, 2.45) is 4.99 Å². The van der Waals surface area contributed by atoms with E-state index in [-0.39, 0.29) is 16.5 Å². The van der Waals surface area contributed by atoms with E-state index in [0.717, 1.165) is 4.70 Å². The standard InChI is InChI=1S/C11H8N2O4S2/c14-5-1-2-6-8(3-5)18-9(12-6)10-13-7(11(15)16)4-19(10)17/h1-3,7,14H,4H2,(H,15,16)/t7-,19?/m1/s1. The number of carboxylic acid groups (broad SMARTS) is 1.